The van der Waals surface area contributed by atoms with Crippen molar-refractivity contribution in [3.8, 4) is 0 Å². The summed E-state index contributed by atoms with van der Waals surface area (Å²) in [5.41, 5.74) is 4.80. The fourth-order valence-electron chi connectivity index (χ4n) is 3.34. The zero-order chi connectivity index (χ0) is 17.1. The van der Waals surface area contributed by atoms with Gasteiger partial charge in [0.25, 0.3) is 0 Å². The molecule has 1 aliphatic rings. The molecule has 130 valence electrons. The quantitative estimate of drug-likeness (QED) is 0.883. The molecule has 0 bridgehead atoms. The van der Waals surface area contributed by atoms with Crippen LogP contribution in [0.1, 0.15) is 23.7 Å². The van der Waals surface area contributed by atoms with Crippen molar-refractivity contribution in [3.63, 3.8) is 0 Å². The van der Waals surface area contributed by atoms with Crippen LogP contribution in [-0.4, -0.2) is 60.0 Å². The van der Waals surface area contributed by atoms with Gasteiger partial charge in [0.2, 0.25) is 5.91 Å². The van der Waals surface area contributed by atoms with E-state index in [4.69, 9.17) is 0 Å². The van der Waals surface area contributed by atoms with Gasteiger partial charge in [-0.05, 0) is 43.7 Å². The Bertz CT molecular complexity index is 713. The van der Waals surface area contributed by atoms with Crippen LogP contribution in [0.4, 0.5) is 0 Å². The number of carbonyl (C=O) groups excluding carboxylic acids is 1. The number of nitrogens with one attached hydrogen (secondary N) is 2. The Hall–Kier alpha value is -1.85. The molecule has 0 aliphatic carbocycles. The molecule has 2 N–H and O–H groups in total. The van der Waals surface area contributed by atoms with E-state index in [-0.39, 0.29) is 5.91 Å². The maximum absolute atomic E-state index is 12.2. The third kappa shape index (κ3) is 3.79. The molecule has 1 aromatic carbocycles. The Morgan fingerprint density at radius 3 is 2.58 bits per heavy atom. The van der Waals surface area contributed by atoms with Crippen molar-refractivity contribution in [1.29, 1.82) is 0 Å². The van der Waals surface area contributed by atoms with E-state index in [1.807, 2.05) is 0 Å². The number of rotatable bonds is 5. The maximum Gasteiger partial charge on any atom is 0.234 e. The molecule has 2 heterocycles. The highest BCUT2D eigenvalue weighted by Crippen LogP contribution is 2.22. The standard InChI is InChI=1S/C19H28N4O/c1-4-22-7-9-23(10-8-22)13-19(24)20-12-16-5-6-18-17(11-16)14(2)15(3)21-18/h5-6,11,21H,4,7-10,12-13H2,1-3H3,(H,20,24). The predicted molar refractivity (Wildman–Crippen MR) is 98.2 cm³/mol. The van der Waals surface area contributed by atoms with Crippen LogP contribution in [0.15, 0.2) is 18.2 Å². The minimum absolute atomic E-state index is 0.113. The number of nitrogens with zero attached hydrogens (tertiary/aromatic N) is 2. The summed E-state index contributed by atoms with van der Waals surface area (Å²) in [6.07, 6.45) is 0. The van der Waals surface area contributed by atoms with Crippen molar-refractivity contribution in [2.75, 3.05) is 39.3 Å². The lowest BCUT2D eigenvalue weighted by atomic mass is 10.1. The van der Waals surface area contributed by atoms with E-state index in [2.05, 4.69) is 59.1 Å². The Kier molecular flexibility index (Phi) is 5.21. The van der Waals surface area contributed by atoms with Crippen LogP contribution < -0.4 is 5.32 Å². The number of carbonyl (C=O) groups is 1. The van der Waals surface area contributed by atoms with Crippen molar-refractivity contribution in [1.82, 2.24) is 20.1 Å². The minimum atomic E-state index is 0.113. The predicted octanol–water partition coefficient (Wildman–Crippen LogP) is 2.04. The fraction of sp³-hybridized carbons (Fsp3) is 0.526. The molecule has 5 nitrogen and oxygen atoms in total. The largest absolute Gasteiger partial charge is 0.358 e. The van der Waals surface area contributed by atoms with Crippen molar-refractivity contribution in [2.24, 2.45) is 0 Å². The third-order valence-corrected chi connectivity index (χ3v) is 5.14. The molecule has 2 aromatic rings. The first-order chi connectivity index (χ1) is 11.6. The number of aromatic nitrogens is 1. The van der Waals surface area contributed by atoms with E-state index in [0.29, 0.717) is 13.1 Å². The van der Waals surface area contributed by atoms with E-state index in [1.165, 1.54) is 16.6 Å². The molecule has 0 saturated carbocycles. The molecule has 1 aliphatic heterocycles. The van der Waals surface area contributed by atoms with Crippen LogP contribution in [0.25, 0.3) is 10.9 Å². The fourth-order valence-corrected chi connectivity index (χ4v) is 3.34. The van der Waals surface area contributed by atoms with Crippen molar-refractivity contribution in [2.45, 2.75) is 27.3 Å². The number of likely N-dealkylation sites (N-methyl/N-ethyl adjacent to an activating group) is 1. The molecule has 0 spiro atoms. The molecule has 0 unspecified atom stereocenters. The number of H-pyrrole nitrogens is 1. The number of aryl methyl sites for hydroxylation is 2. The number of piperazine rings is 1. The normalized spacial score (nSPS) is 16.6. The number of hydrogen-bond donors (Lipinski definition) is 2. The Balaban J connectivity index is 1.52. The van der Waals surface area contributed by atoms with Crippen LogP contribution in [0, 0.1) is 13.8 Å². The molecule has 1 fully saturated rings. The average molecular weight is 328 g/mol. The van der Waals surface area contributed by atoms with Gasteiger partial charge in [-0.1, -0.05) is 13.0 Å². The molecule has 1 amide bonds. The highest BCUT2D eigenvalue weighted by atomic mass is 16.2. The van der Waals surface area contributed by atoms with Crippen LogP contribution >= 0.6 is 0 Å². The van der Waals surface area contributed by atoms with Gasteiger partial charge in [-0.15, -0.1) is 0 Å². The highest BCUT2D eigenvalue weighted by molar-refractivity contribution is 5.85. The molecule has 1 aromatic heterocycles. The van der Waals surface area contributed by atoms with E-state index in [9.17, 15) is 4.79 Å². The molecule has 1 saturated heterocycles. The SMILES string of the molecule is CCN1CCN(CC(=O)NCc2ccc3[nH]c(C)c(C)c3c2)CC1. The van der Waals surface area contributed by atoms with E-state index >= 15 is 0 Å². The van der Waals surface area contributed by atoms with Gasteiger partial charge in [-0.25, -0.2) is 0 Å². The summed E-state index contributed by atoms with van der Waals surface area (Å²) in [6.45, 7) is 12.7. The second-order valence-corrected chi connectivity index (χ2v) is 6.74. The molecule has 24 heavy (non-hydrogen) atoms. The van der Waals surface area contributed by atoms with Gasteiger partial charge in [0.05, 0.1) is 6.54 Å². The smallest absolute Gasteiger partial charge is 0.234 e. The van der Waals surface area contributed by atoms with E-state index in [0.717, 1.165) is 43.8 Å². The lowest BCUT2D eigenvalue weighted by Gasteiger charge is -2.33. The van der Waals surface area contributed by atoms with Gasteiger partial charge < -0.3 is 15.2 Å². The number of fused-ring (bicyclic) bond motifs is 1. The van der Waals surface area contributed by atoms with E-state index in [1.54, 1.807) is 0 Å². The van der Waals surface area contributed by atoms with Crippen molar-refractivity contribution >= 4 is 16.8 Å². The lowest BCUT2D eigenvalue weighted by Crippen LogP contribution is -2.49. The third-order valence-electron chi connectivity index (χ3n) is 5.14. The maximum atomic E-state index is 12.2. The molecule has 0 atom stereocenters. The van der Waals surface area contributed by atoms with Crippen LogP contribution in [-0.2, 0) is 11.3 Å². The zero-order valence-corrected chi connectivity index (χ0v) is 15.0. The Morgan fingerprint density at radius 1 is 1.17 bits per heavy atom. The number of hydrogen-bond acceptors (Lipinski definition) is 3. The summed E-state index contributed by atoms with van der Waals surface area (Å²) in [7, 11) is 0. The van der Waals surface area contributed by atoms with Gasteiger partial charge in [-0.3, -0.25) is 9.69 Å². The molecular formula is C19H28N4O. The van der Waals surface area contributed by atoms with E-state index < -0.39 is 0 Å². The number of amides is 1. The molecule has 5 heteroatoms. The monoisotopic (exact) mass is 328 g/mol. The van der Waals surface area contributed by atoms with Gasteiger partial charge in [0.15, 0.2) is 0 Å². The first kappa shape index (κ1) is 17.0. The first-order valence-electron chi connectivity index (χ1n) is 8.86. The molecular weight excluding hydrogens is 300 g/mol. The lowest BCUT2D eigenvalue weighted by molar-refractivity contribution is -0.122. The summed E-state index contributed by atoms with van der Waals surface area (Å²) in [5.74, 6) is 0.113. The topological polar surface area (TPSA) is 51.4 Å². The first-order valence-corrected chi connectivity index (χ1v) is 8.86. The molecule has 3 rings (SSSR count). The number of benzene rings is 1. The second kappa shape index (κ2) is 7.36. The van der Waals surface area contributed by atoms with Gasteiger partial charge >= 0.3 is 0 Å². The summed E-state index contributed by atoms with van der Waals surface area (Å²) in [5, 5.41) is 4.30. The van der Waals surface area contributed by atoms with Crippen molar-refractivity contribution in [3.05, 3.63) is 35.0 Å². The van der Waals surface area contributed by atoms with Crippen LogP contribution in [0.2, 0.25) is 0 Å². The Morgan fingerprint density at radius 2 is 1.88 bits per heavy atom. The van der Waals surface area contributed by atoms with Crippen LogP contribution in [0.3, 0.4) is 0 Å². The zero-order valence-electron chi connectivity index (χ0n) is 15.0. The van der Waals surface area contributed by atoms with Gasteiger partial charge in [-0.2, -0.15) is 0 Å². The summed E-state index contributed by atoms with van der Waals surface area (Å²) in [6, 6.07) is 6.35. The van der Waals surface area contributed by atoms with Gasteiger partial charge in [0.1, 0.15) is 0 Å². The van der Waals surface area contributed by atoms with Crippen LogP contribution in [0.5, 0.6) is 0 Å². The van der Waals surface area contributed by atoms with Crippen molar-refractivity contribution < 1.29 is 4.79 Å². The molecule has 0 radical (unpaired) electrons. The summed E-state index contributed by atoms with van der Waals surface area (Å²) in [4.78, 5) is 20.2. The summed E-state index contributed by atoms with van der Waals surface area (Å²) >= 11 is 0. The second-order valence-electron chi connectivity index (χ2n) is 6.74. The minimum Gasteiger partial charge on any atom is -0.358 e. The average Bonchev–Trinajstić information content (AvgIpc) is 2.88. The summed E-state index contributed by atoms with van der Waals surface area (Å²) < 4.78 is 0. The Labute approximate surface area is 144 Å². The highest BCUT2D eigenvalue weighted by Gasteiger charge is 2.17. The van der Waals surface area contributed by atoms with Gasteiger partial charge in [0, 0.05) is 49.3 Å². The number of aromatic amines is 1.